The van der Waals surface area contributed by atoms with Gasteiger partial charge < -0.3 is 9.64 Å². The Morgan fingerprint density at radius 3 is 1.75 bits per heavy atom. The monoisotopic (exact) mass is 465 g/mol. The van der Waals surface area contributed by atoms with Gasteiger partial charge in [-0.25, -0.2) is 4.79 Å². The van der Waals surface area contributed by atoms with Gasteiger partial charge in [0.25, 0.3) is 0 Å². The van der Waals surface area contributed by atoms with Crippen LogP contribution >= 0.6 is 0 Å². The summed E-state index contributed by atoms with van der Waals surface area (Å²) >= 11 is 0. The highest BCUT2D eigenvalue weighted by atomic mass is 19.4. The number of alkyl halides is 6. The first-order valence-electron chi connectivity index (χ1n) is 10.4. The summed E-state index contributed by atoms with van der Waals surface area (Å²) in [7, 11) is 0. The molecule has 4 nitrogen and oxygen atoms in total. The summed E-state index contributed by atoms with van der Waals surface area (Å²) in [4.78, 5) is 27.3. The Hall–Kier alpha value is -2.26. The standard InChI is InChI=1S/C22H25F6NO3/c1-20(2,3)32-19(31)29-16-5-4-6-17(29)10-13(9-16)18(30)12-7-14(21(23,24)25)11-15(8-12)22(26,27)28/h7-8,11,13,16-17H,4-6,9-10H2,1-3H3. The van der Waals surface area contributed by atoms with Crippen molar-refractivity contribution in [2.45, 2.75) is 82.9 Å². The minimum Gasteiger partial charge on any atom is -0.444 e. The van der Waals surface area contributed by atoms with Crippen molar-refractivity contribution in [3.05, 3.63) is 34.9 Å². The van der Waals surface area contributed by atoms with E-state index in [0.717, 1.165) is 6.42 Å². The van der Waals surface area contributed by atoms with Crippen LogP contribution in [0.3, 0.4) is 0 Å². The van der Waals surface area contributed by atoms with Crippen LogP contribution < -0.4 is 0 Å². The summed E-state index contributed by atoms with van der Waals surface area (Å²) in [5.41, 5.74) is -4.35. The highest BCUT2D eigenvalue weighted by Crippen LogP contribution is 2.41. The van der Waals surface area contributed by atoms with E-state index in [-0.39, 0.29) is 31.0 Å². The quantitative estimate of drug-likeness (QED) is 0.371. The number of carbonyl (C=O) groups excluding carboxylic acids is 2. The largest absolute Gasteiger partial charge is 0.444 e. The minimum atomic E-state index is -5.02. The number of rotatable bonds is 2. The van der Waals surface area contributed by atoms with Crippen LogP contribution in [0.2, 0.25) is 0 Å². The summed E-state index contributed by atoms with van der Waals surface area (Å²) in [6.45, 7) is 5.18. The van der Waals surface area contributed by atoms with E-state index in [0.29, 0.717) is 25.0 Å². The molecule has 32 heavy (non-hydrogen) atoms. The van der Waals surface area contributed by atoms with Crippen LogP contribution in [0.4, 0.5) is 31.1 Å². The lowest BCUT2D eigenvalue weighted by Crippen LogP contribution is -2.56. The molecule has 0 saturated carbocycles. The number of hydrogen-bond donors (Lipinski definition) is 0. The van der Waals surface area contributed by atoms with E-state index in [1.54, 1.807) is 25.7 Å². The molecule has 10 heteroatoms. The van der Waals surface area contributed by atoms with E-state index in [1.165, 1.54) is 0 Å². The molecular weight excluding hydrogens is 440 g/mol. The zero-order valence-corrected chi connectivity index (χ0v) is 17.9. The number of halogens is 6. The Morgan fingerprint density at radius 2 is 1.34 bits per heavy atom. The third-order valence-corrected chi connectivity index (χ3v) is 5.82. The molecule has 2 heterocycles. The molecule has 2 fully saturated rings. The molecule has 0 radical (unpaired) electrons. The number of Topliss-reactive ketones (excluding diaryl/α,β-unsaturated/α-hetero) is 1. The van der Waals surface area contributed by atoms with Crippen molar-refractivity contribution in [2.24, 2.45) is 5.92 Å². The number of ketones is 1. The normalized spacial score (nSPS) is 24.3. The molecule has 0 aromatic heterocycles. The van der Waals surface area contributed by atoms with Gasteiger partial charge in [-0.15, -0.1) is 0 Å². The second kappa shape index (κ2) is 8.26. The number of piperidine rings is 2. The SMILES string of the molecule is CC(C)(C)OC(=O)N1C2CCCC1CC(C(=O)c1cc(C(F)(F)F)cc(C(F)(F)F)c1)C2. The van der Waals surface area contributed by atoms with E-state index < -0.39 is 52.4 Å². The zero-order chi connectivity index (χ0) is 24.1. The highest BCUT2D eigenvalue weighted by molar-refractivity contribution is 5.98. The molecule has 2 aliphatic heterocycles. The first-order chi connectivity index (χ1) is 14.6. The van der Waals surface area contributed by atoms with Gasteiger partial charge in [0.05, 0.1) is 11.1 Å². The minimum absolute atomic E-state index is 0.0105. The molecule has 2 atom stereocenters. The lowest BCUT2D eigenvalue weighted by Gasteiger charge is -2.48. The maximum atomic E-state index is 13.2. The number of nitrogens with zero attached hydrogens (tertiary/aromatic N) is 1. The highest BCUT2D eigenvalue weighted by Gasteiger charge is 2.45. The Labute approximate surface area is 181 Å². The summed E-state index contributed by atoms with van der Waals surface area (Å²) in [5.74, 6) is -1.53. The van der Waals surface area contributed by atoms with E-state index in [4.69, 9.17) is 4.74 Å². The van der Waals surface area contributed by atoms with Gasteiger partial charge in [-0.3, -0.25) is 4.79 Å². The second-order valence-electron chi connectivity index (χ2n) is 9.45. The Balaban J connectivity index is 1.88. The maximum absolute atomic E-state index is 13.2. The third-order valence-electron chi connectivity index (χ3n) is 5.82. The predicted molar refractivity (Wildman–Crippen MR) is 103 cm³/mol. The molecule has 2 bridgehead atoms. The van der Waals surface area contributed by atoms with Crippen molar-refractivity contribution >= 4 is 11.9 Å². The fourth-order valence-corrected chi connectivity index (χ4v) is 4.54. The lowest BCUT2D eigenvalue weighted by atomic mass is 9.75. The maximum Gasteiger partial charge on any atom is 0.416 e. The van der Waals surface area contributed by atoms with Crippen LogP contribution in [0, 0.1) is 5.92 Å². The van der Waals surface area contributed by atoms with E-state index in [2.05, 4.69) is 0 Å². The topological polar surface area (TPSA) is 46.6 Å². The van der Waals surface area contributed by atoms with Gasteiger partial charge in [-0.2, -0.15) is 26.3 Å². The first kappa shape index (κ1) is 24.4. The van der Waals surface area contributed by atoms with Gasteiger partial charge in [0.2, 0.25) is 0 Å². The molecule has 2 saturated heterocycles. The van der Waals surface area contributed by atoms with Crippen LogP contribution in [0.25, 0.3) is 0 Å². The second-order valence-corrected chi connectivity index (χ2v) is 9.45. The molecule has 1 amide bonds. The van der Waals surface area contributed by atoms with Crippen molar-refractivity contribution in [3.63, 3.8) is 0 Å². The van der Waals surface area contributed by atoms with Gasteiger partial charge in [-0.05, 0) is 71.1 Å². The number of benzene rings is 1. The molecule has 1 aromatic carbocycles. The van der Waals surface area contributed by atoms with Crippen LogP contribution in [0.5, 0.6) is 0 Å². The fourth-order valence-electron chi connectivity index (χ4n) is 4.54. The summed E-state index contributed by atoms with van der Waals surface area (Å²) in [6.07, 6.45) is -8.21. The van der Waals surface area contributed by atoms with E-state index in [9.17, 15) is 35.9 Å². The molecule has 3 rings (SSSR count). The van der Waals surface area contributed by atoms with Crippen LogP contribution in [-0.4, -0.2) is 34.5 Å². The number of ether oxygens (including phenoxy) is 1. The van der Waals surface area contributed by atoms with Crippen LogP contribution in [0.1, 0.15) is 74.4 Å². The fraction of sp³-hybridized carbons (Fsp3) is 0.636. The van der Waals surface area contributed by atoms with Crippen LogP contribution in [0.15, 0.2) is 18.2 Å². The van der Waals surface area contributed by atoms with Crippen molar-refractivity contribution in [1.29, 1.82) is 0 Å². The first-order valence-corrected chi connectivity index (χ1v) is 10.4. The molecule has 2 aliphatic rings. The Morgan fingerprint density at radius 1 is 0.875 bits per heavy atom. The average molecular weight is 465 g/mol. The van der Waals surface area contributed by atoms with Crippen molar-refractivity contribution in [2.75, 3.05) is 0 Å². The molecule has 2 unspecified atom stereocenters. The van der Waals surface area contributed by atoms with Gasteiger partial charge in [0, 0.05) is 23.6 Å². The zero-order valence-electron chi connectivity index (χ0n) is 17.9. The summed E-state index contributed by atoms with van der Waals surface area (Å²) in [5, 5.41) is 0. The smallest absolute Gasteiger partial charge is 0.416 e. The lowest BCUT2D eigenvalue weighted by molar-refractivity contribution is -0.143. The third kappa shape index (κ3) is 5.38. The molecule has 0 N–H and O–H groups in total. The predicted octanol–water partition coefficient (Wildman–Crippen LogP) is 6.48. The number of amides is 1. The van der Waals surface area contributed by atoms with Crippen molar-refractivity contribution in [3.8, 4) is 0 Å². The molecular formula is C22H25F6NO3. The van der Waals surface area contributed by atoms with Crippen LogP contribution in [-0.2, 0) is 17.1 Å². The van der Waals surface area contributed by atoms with Gasteiger partial charge >= 0.3 is 18.4 Å². The van der Waals surface area contributed by atoms with Gasteiger partial charge in [0.1, 0.15) is 5.60 Å². The van der Waals surface area contributed by atoms with E-state index in [1.807, 2.05) is 0 Å². The Bertz CT molecular complexity index is 841. The van der Waals surface area contributed by atoms with Crippen molar-refractivity contribution < 1.29 is 40.7 Å². The number of hydrogen-bond acceptors (Lipinski definition) is 3. The molecule has 1 aromatic rings. The molecule has 0 spiro atoms. The van der Waals surface area contributed by atoms with Crippen molar-refractivity contribution in [1.82, 2.24) is 4.90 Å². The molecule has 178 valence electrons. The summed E-state index contributed by atoms with van der Waals surface area (Å²) < 4.78 is 84.5. The van der Waals surface area contributed by atoms with Gasteiger partial charge in [-0.1, -0.05) is 0 Å². The number of fused-ring (bicyclic) bond motifs is 2. The Kier molecular flexibility index (Phi) is 6.30. The average Bonchev–Trinajstić information content (AvgIpc) is 2.63. The molecule has 0 aliphatic carbocycles. The van der Waals surface area contributed by atoms with Gasteiger partial charge in [0.15, 0.2) is 5.78 Å². The number of carbonyl (C=O) groups is 2. The van der Waals surface area contributed by atoms with E-state index >= 15 is 0 Å². The summed E-state index contributed by atoms with van der Waals surface area (Å²) in [6, 6.07) is 0.274.